The number of fused-ring (bicyclic) bond motifs is 1. The molecule has 2 aromatic heterocycles. The Balaban J connectivity index is 1.39. The molecule has 32 heavy (non-hydrogen) atoms. The first kappa shape index (κ1) is 21.0. The third kappa shape index (κ3) is 4.59. The number of carbonyl (C=O) groups is 1. The summed E-state index contributed by atoms with van der Waals surface area (Å²) in [6.45, 7) is 0.449. The van der Waals surface area contributed by atoms with Crippen LogP contribution in [-0.2, 0) is 0 Å². The Labute approximate surface area is 182 Å². The highest BCUT2D eigenvalue weighted by atomic mass is 19.1. The standard InChI is InChI=1S/C22H20FN5O4/c1-30-17-11-15(12-18(13-17)31-2)22(29)24-9-10-32-20-8-7-19-25-26-21(28(19)27-20)14-3-5-16(23)6-4-14/h3-8,11-13H,9-10H2,1-2H3,(H,24,29). The topological polar surface area (TPSA) is 99.9 Å². The van der Waals surface area contributed by atoms with Gasteiger partial charge in [-0.2, -0.15) is 4.52 Å². The van der Waals surface area contributed by atoms with Crippen LogP contribution in [0.25, 0.3) is 17.0 Å². The van der Waals surface area contributed by atoms with Gasteiger partial charge in [-0.1, -0.05) is 0 Å². The Kier molecular flexibility index (Phi) is 6.11. The Morgan fingerprint density at radius 3 is 2.41 bits per heavy atom. The molecule has 2 heterocycles. The van der Waals surface area contributed by atoms with Gasteiger partial charge in [0, 0.05) is 23.3 Å². The smallest absolute Gasteiger partial charge is 0.251 e. The number of rotatable bonds is 8. The van der Waals surface area contributed by atoms with E-state index in [4.69, 9.17) is 14.2 Å². The third-order valence-corrected chi connectivity index (χ3v) is 4.59. The van der Waals surface area contributed by atoms with Crippen molar-refractivity contribution in [3.63, 3.8) is 0 Å². The first-order valence-corrected chi connectivity index (χ1v) is 9.70. The number of benzene rings is 2. The van der Waals surface area contributed by atoms with E-state index < -0.39 is 0 Å². The largest absolute Gasteiger partial charge is 0.497 e. The van der Waals surface area contributed by atoms with Crippen LogP contribution in [0.4, 0.5) is 4.39 Å². The molecule has 0 atom stereocenters. The molecule has 164 valence electrons. The average molecular weight is 437 g/mol. The molecule has 0 saturated heterocycles. The van der Waals surface area contributed by atoms with E-state index in [1.54, 1.807) is 42.5 Å². The number of ether oxygens (including phenoxy) is 3. The lowest BCUT2D eigenvalue weighted by Crippen LogP contribution is -2.28. The number of aromatic nitrogens is 4. The summed E-state index contributed by atoms with van der Waals surface area (Å²) in [6.07, 6.45) is 0. The molecule has 4 aromatic rings. The fourth-order valence-corrected chi connectivity index (χ4v) is 2.99. The highest BCUT2D eigenvalue weighted by Crippen LogP contribution is 2.22. The Bertz CT molecular complexity index is 1220. The molecule has 4 rings (SSSR count). The number of nitrogens with one attached hydrogen (secondary N) is 1. The number of amides is 1. The van der Waals surface area contributed by atoms with Crippen LogP contribution in [0.3, 0.4) is 0 Å². The van der Waals surface area contributed by atoms with Crippen molar-refractivity contribution >= 4 is 11.6 Å². The van der Waals surface area contributed by atoms with Crippen molar-refractivity contribution in [2.45, 2.75) is 0 Å². The van der Waals surface area contributed by atoms with E-state index >= 15 is 0 Å². The van der Waals surface area contributed by atoms with Crippen LogP contribution in [0.15, 0.2) is 54.6 Å². The molecule has 1 amide bonds. The van der Waals surface area contributed by atoms with Gasteiger partial charge in [0.05, 0.1) is 20.8 Å². The highest BCUT2D eigenvalue weighted by Gasteiger charge is 2.12. The molecule has 0 spiro atoms. The van der Waals surface area contributed by atoms with E-state index in [0.717, 1.165) is 0 Å². The van der Waals surface area contributed by atoms with Crippen molar-refractivity contribution in [1.29, 1.82) is 0 Å². The minimum absolute atomic E-state index is 0.194. The van der Waals surface area contributed by atoms with Crippen LogP contribution in [0.1, 0.15) is 10.4 Å². The quantitative estimate of drug-likeness (QED) is 0.423. The van der Waals surface area contributed by atoms with Crippen LogP contribution < -0.4 is 19.5 Å². The predicted octanol–water partition coefficient (Wildman–Crippen LogP) is 2.76. The predicted molar refractivity (Wildman–Crippen MR) is 114 cm³/mol. The molecule has 1 N–H and O–H groups in total. The molecule has 0 bridgehead atoms. The van der Waals surface area contributed by atoms with Gasteiger partial charge in [-0.25, -0.2) is 4.39 Å². The van der Waals surface area contributed by atoms with Gasteiger partial charge in [0.2, 0.25) is 5.88 Å². The monoisotopic (exact) mass is 437 g/mol. The van der Waals surface area contributed by atoms with Crippen LogP contribution in [0, 0.1) is 5.82 Å². The summed E-state index contributed by atoms with van der Waals surface area (Å²) in [5.41, 5.74) is 1.61. The summed E-state index contributed by atoms with van der Waals surface area (Å²) in [5.74, 6) is 1.22. The molecular formula is C22H20FN5O4. The van der Waals surface area contributed by atoms with Crippen molar-refractivity contribution < 1.29 is 23.4 Å². The van der Waals surface area contributed by atoms with E-state index in [1.807, 2.05) is 0 Å². The van der Waals surface area contributed by atoms with Crippen LogP contribution in [-0.4, -0.2) is 53.1 Å². The van der Waals surface area contributed by atoms with E-state index in [0.29, 0.717) is 40.0 Å². The molecule has 9 nitrogen and oxygen atoms in total. The minimum Gasteiger partial charge on any atom is -0.497 e. The second-order valence-electron chi connectivity index (χ2n) is 6.68. The van der Waals surface area contributed by atoms with E-state index in [1.165, 1.54) is 30.9 Å². The fourth-order valence-electron chi connectivity index (χ4n) is 2.99. The summed E-state index contributed by atoms with van der Waals surface area (Å²) in [5, 5.41) is 15.3. The maximum atomic E-state index is 13.2. The van der Waals surface area contributed by atoms with Crippen molar-refractivity contribution in [1.82, 2.24) is 25.1 Å². The zero-order chi connectivity index (χ0) is 22.5. The minimum atomic E-state index is -0.339. The van der Waals surface area contributed by atoms with Crippen molar-refractivity contribution in [2.24, 2.45) is 0 Å². The summed E-state index contributed by atoms with van der Waals surface area (Å²) in [4.78, 5) is 12.4. The summed E-state index contributed by atoms with van der Waals surface area (Å²) in [7, 11) is 3.04. The number of halogens is 1. The maximum Gasteiger partial charge on any atom is 0.251 e. The van der Waals surface area contributed by atoms with Crippen molar-refractivity contribution in [3.05, 3.63) is 66.0 Å². The van der Waals surface area contributed by atoms with Crippen molar-refractivity contribution in [3.8, 4) is 28.8 Å². The second-order valence-corrected chi connectivity index (χ2v) is 6.68. The number of methoxy groups -OCH3 is 2. The van der Waals surface area contributed by atoms with Gasteiger partial charge in [0.15, 0.2) is 11.5 Å². The molecule has 0 aliphatic heterocycles. The maximum absolute atomic E-state index is 13.2. The molecule has 10 heteroatoms. The first-order valence-electron chi connectivity index (χ1n) is 9.70. The first-order chi connectivity index (χ1) is 15.6. The molecule has 0 fully saturated rings. The fraction of sp³-hybridized carbons (Fsp3) is 0.182. The van der Waals surface area contributed by atoms with E-state index in [-0.39, 0.29) is 24.9 Å². The van der Waals surface area contributed by atoms with Gasteiger partial charge in [0.1, 0.15) is 23.9 Å². The van der Waals surface area contributed by atoms with Crippen LogP contribution >= 0.6 is 0 Å². The number of nitrogens with zero attached hydrogens (tertiary/aromatic N) is 4. The number of carbonyl (C=O) groups excluding carboxylic acids is 1. The molecule has 0 unspecified atom stereocenters. The van der Waals surface area contributed by atoms with Crippen LogP contribution in [0.2, 0.25) is 0 Å². The third-order valence-electron chi connectivity index (χ3n) is 4.59. The molecule has 0 radical (unpaired) electrons. The van der Waals surface area contributed by atoms with Crippen LogP contribution in [0.5, 0.6) is 17.4 Å². The summed E-state index contributed by atoms with van der Waals surface area (Å²) in [6, 6.07) is 14.2. The Morgan fingerprint density at radius 2 is 1.72 bits per heavy atom. The average Bonchev–Trinajstić information content (AvgIpc) is 3.25. The molecule has 0 saturated carbocycles. The van der Waals surface area contributed by atoms with Gasteiger partial charge >= 0.3 is 0 Å². The molecule has 2 aromatic carbocycles. The molecule has 0 aliphatic carbocycles. The highest BCUT2D eigenvalue weighted by molar-refractivity contribution is 5.95. The van der Waals surface area contributed by atoms with Gasteiger partial charge in [-0.05, 0) is 42.5 Å². The van der Waals surface area contributed by atoms with E-state index in [9.17, 15) is 9.18 Å². The lowest BCUT2D eigenvalue weighted by molar-refractivity contribution is 0.0945. The lowest BCUT2D eigenvalue weighted by Gasteiger charge is -2.10. The van der Waals surface area contributed by atoms with E-state index in [2.05, 4.69) is 20.6 Å². The van der Waals surface area contributed by atoms with Gasteiger partial charge in [0.25, 0.3) is 5.91 Å². The SMILES string of the molecule is COc1cc(OC)cc(C(=O)NCCOc2ccc3nnc(-c4ccc(F)cc4)n3n2)c1. The molecular weight excluding hydrogens is 417 g/mol. The van der Waals surface area contributed by atoms with Gasteiger partial charge in [-0.3, -0.25) is 4.79 Å². The lowest BCUT2D eigenvalue weighted by atomic mass is 10.2. The van der Waals surface area contributed by atoms with Gasteiger partial charge < -0.3 is 19.5 Å². The Morgan fingerprint density at radius 1 is 1.00 bits per heavy atom. The zero-order valence-corrected chi connectivity index (χ0v) is 17.4. The Hall–Kier alpha value is -4.21. The summed E-state index contributed by atoms with van der Waals surface area (Å²) < 4.78 is 30.7. The van der Waals surface area contributed by atoms with Crippen molar-refractivity contribution in [2.75, 3.05) is 27.4 Å². The number of hydrogen-bond acceptors (Lipinski definition) is 7. The molecule has 0 aliphatic rings. The zero-order valence-electron chi connectivity index (χ0n) is 17.4. The number of hydrogen-bond donors (Lipinski definition) is 1. The van der Waals surface area contributed by atoms with Gasteiger partial charge in [-0.15, -0.1) is 15.3 Å². The normalized spacial score (nSPS) is 10.7. The summed E-state index contributed by atoms with van der Waals surface area (Å²) >= 11 is 0. The second kappa shape index (κ2) is 9.29.